The predicted molar refractivity (Wildman–Crippen MR) is 108 cm³/mol. The summed E-state index contributed by atoms with van der Waals surface area (Å²) in [5.41, 5.74) is 0.975. The molecule has 0 saturated carbocycles. The standard InChI is InChI=1S/C18H13ClN2O3S2/c19-12-6-2-1-5-11(12)9-15-17(24)21(18(25)26-15)10-16(23)20-13-7-3-4-8-14(13)22/h1-9,22H,10H2,(H,20,23)/b15-9-. The van der Waals surface area contributed by atoms with Crippen LogP contribution in [-0.4, -0.2) is 32.7 Å². The molecule has 1 saturated heterocycles. The topological polar surface area (TPSA) is 69.6 Å². The van der Waals surface area contributed by atoms with Gasteiger partial charge in [-0.15, -0.1) is 0 Å². The summed E-state index contributed by atoms with van der Waals surface area (Å²) in [5, 5.41) is 12.8. The first-order valence-electron chi connectivity index (χ1n) is 7.53. The molecule has 0 aromatic heterocycles. The van der Waals surface area contributed by atoms with Gasteiger partial charge >= 0.3 is 0 Å². The molecule has 3 rings (SSSR count). The Bertz CT molecular complexity index is 930. The third-order valence-corrected chi connectivity index (χ3v) is 5.27. The summed E-state index contributed by atoms with van der Waals surface area (Å²) in [6, 6.07) is 13.5. The molecule has 0 unspecified atom stereocenters. The van der Waals surface area contributed by atoms with E-state index in [0.29, 0.717) is 19.8 Å². The van der Waals surface area contributed by atoms with E-state index in [1.54, 1.807) is 42.5 Å². The zero-order valence-corrected chi connectivity index (χ0v) is 15.7. The van der Waals surface area contributed by atoms with Crippen LogP contribution in [0.4, 0.5) is 5.69 Å². The van der Waals surface area contributed by atoms with Crippen LogP contribution >= 0.6 is 35.6 Å². The van der Waals surface area contributed by atoms with Gasteiger partial charge in [0.25, 0.3) is 5.91 Å². The van der Waals surface area contributed by atoms with Crippen LogP contribution in [0, 0.1) is 0 Å². The van der Waals surface area contributed by atoms with Gasteiger partial charge in [-0.1, -0.05) is 65.9 Å². The van der Waals surface area contributed by atoms with Crippen molar-refractivity contribution in [1.29, 1.82) is 0 Å². The van der Waals surface area contributed by atoms with Crippen molar-refractivity contribution >= 4 is 63.5 Å². The van der Waals surface area contributed by atoms with Crippen LogP contribution < -0.4 is 5.32 Å². The number of phenolic OH excluding ortho intramolecular Hbond substituents is 1. The molecule has 8 heteroatoms. The smallest absolute Gasteiger partial charge is 0.266 e. The van der Waals surface area contributed by atoms with Crippen molar-refractivity contribution in [3.63, 3.8) is 0 Å². The zero-order chi connectivity index (χ0) is 18.7. The van der Waals surface area contributed by atoms with E-state index < -0.39 is 5.91 Å². The van der Waals surface area contributed by atoms with Gasteiger partial charge in [0.05, 0.1) is 10.6 Å². The highest BCUT2D eigenvalue weighted by Gasteiger charge is 2.33. The second-order valence-electron chi connectivity index (χ2n) is 5.35. The summed E-state index contributed by atoms with van der Waals surface area (Å²) in [7, 11) is 0. The highest BCUT2D eigenvalue weighted by atomic mass is 35.5. The van der Waals surface area contributed by atoms with E-state index in [0.717, 1.165) is 11.8 Å². The summed E-state index contributed by atoms with van der Waals surface area (Å²) in [5.74, 6) is -0.862. The third-order valence-electron chi connectivity index (χ3n) is 3.55. The van der Waals surface area contributed by atoms with Gasteiger partial charge in [-0.05, 0) is 29.8 Å². The Morgan fingerprint density at radius 2 is 1.92 bits per heavy atom. The Labute approximate surface area is 164 Å². The summed E-state index contributed by atoms with van der Waals surface area (Å²) in [4.78, 5) is 26.4. The van der Waals surface area contributed by atoms with Crippen molar-refractivity contribution in [2.45, 2.75) is 0 Å². The minimum absolute atomic E-state index is 0.0511. The molecule has 2 N–H and O–H groups in total. The normalized spacial score (nSPS) is 15.6. The Balaban J connectivity index is 1.72. The molecule has 0 radical (unpaired) electrons. The number of rotatable bonds is 4. The Morgan fingerprint density at radius 3 is 2.65 bits per heavy atom. The Kier molecular flexibility index (Phi) is 5.61. The number of hydrogen-bond donors (Lipinski definition) is 2. The minimum Gasteiger partial charge on any atom is -0.506 e. The van der Waals surface area contributed by atoms with E-state index >= 15 is 0 Å². The molecule has 1 aliphatic heterocycles. The van der Waals surface area contributed by atoms with E-state index in [2.05, 4.69) is 5.32 Å². The molecule has 1 aliphatic rings. The monoisotopic (exact) mass is 404 g/mol. The summed E-state index contributed by atoms with van der Waals surface area (Å²) in [6.45, 7) is -0.237. The fourth-order valence-electron chi connectivity index (χ4n) is 2.28. The van der Waals surface area contributed by atoms with Crippen molar-refractivity contribution in [1.82, 2.24) is 4.90 Å². The van der Waals surface area contributed by atoms with Crippen molar-refractivity contribution in [2.24, 2.45) is 0 Å². The number of thioether (sulfide) groups is 1. The number of anilines is 1. The molecule has 0 bridgehead atoms. The average Bonchev–Trinajstić information content (AvgIpc) is 2.86. The van der Waals surface area contributed by atoms with E-state index in [-0.39, 0.29) is 23.9 Å². The van der Waals surface area contributed by atoms with Crippen molar-refractivity contribution in [3.8, 4) is 5.75 Å². The molecule has 26 heavy (non-hydrogen) atoms. The number of phenols is 1. The maximum atomic E-state index is 12.6. The van der Waals surface area contributed by atoms with Crippen molar-refractivity contribution < 1.29 is 14.7 Å². The molecule has 2 aromatic rings. The maximum absolute atomic E-state index is 12.6. The van der Waals surface area contributed by atoms with E-state index in [1.807, 2.05) is 6.07 Å². The average molecular weight is 405 g/mol. The van der Waals surface area contributed by atoms with Crippen LogP contribution in [-0.2, 0) is 9.59 Å². The molecule has 2 amide bonds. The molecule has 0 aliphatic carbocycles. The lowest BCUT2D eigenvalue weighted by Crippen LogP contribution is -2.36. The largest absolute Gasteiger partial charge is 0.506 e. The van der Waals surface area contributed by atoms with Gasteiger partial charge in [0, 0.05) is 5.02 Å². The quantitative estimate of drug-likeness (QED) is 0.459. The Morgan fingerprint density at radius 1 is 1.23 bits per heavy atom. The van der Waals surface area contributed by atoms with Gasteiger partial charge in [0.15, 0.2) is 0 Å². The number of thiocarbonyl (C=S) groups is 1. The van der Waals surface area contributed by atoms with Crippen LogP contribution in [0.1, 0.15) is 5.56 Å². The lowest BCUT2D eigenvalue weighted by Gasteiger charge is -2.14. The van der Waals surface area contributed by atoms with E-state index in [1.165, 1.54) is 11.0 Å². The second-order valence-corrected chi connectivity index (χ2v) is 7.44. The van der Waals surface area contributed by atoms with E-state index in [9.17, 15) is 14.7 Å². The zero-order valence-electron chi connectivity index (χ0n) is 13.3. The van der Waals surface area contributed by atoms with Gasteiger partial charge in [0.2, 0.25) is 5.91 Å². The first-order valence-corrected chi connectivity index (χ1v) is 9.13. The highest BCUT2D eigenvalue weighted by Crippen LogP contribution is 2.33. The lowest BCUT2D eigenvalue weighted by atomic mass is 10.2. The fourth-order valence-corrected chi connectivity index (χ4v) is 3.72. The summed E-state index contributed by atoms with van der Waals surface area (Å²) in [6.07, 6.45) is 1.66. The maximum Gasteiger partial charge on any atom is 0.266 e. The van der Waals surface area contributed by atoms with E-state index in [4.69, 9.17) is 23.8 Å². The third kappa shape index (κ3) is 4.07. The summed E-state index contributed by atoms with van der Waals surface area (Å²) < 4.78 is 0.292. The number of aromatic hydroxyl groups is 1. The van der Waals surface area contributed by atoms with Gasteiger partial charge in [0.1, 0.15) is 16.6 Å². The van der Waals surface area contributed by atoms with Crippen LogP contribution in [0.2, 0.25) is 5.02 Å². The number of nitrogens with one attached hydrogen (secondary N) is 1. The highest BCUT2D eigenvalue weighted by molar-refractivity contribution is 8.26. The number of para-hydroxylation sites is 2. The number of nitrogens with zero attached hydrogens (tertiary/aromatic N) is 1. The predicted octanol–water partition coefficient (Wildman–Crippen LogP) is 3.89. The number of amides is 2. The molecular weight excluding hydrogens is 392 g/mol. The van der Waals surface area contributed by atoms with Crippen LogP contribution in [0.5, 0.6) is 5.75 Å². The van der Waals surface area contributed by atoms with Gasteiger partial charge in [-0.25, -0.2) is 0 Å². The number of carbonyl (C=O) groups is 2. The molecule has 0 atom stereocenters. The molecular formula is C18H13ClN2O3S2. The van der Waals surface area contributed by atoms with Crippen molar-refractivity contribution in [3.05, 3.63) is 64.0 Å². The number of carbonyl (C=O) groups excluding carboxylic acids is 2. The lowest BCUT2D eigenvalue weighted by molar-refractivity contribution is -0.126. The van der Waals surface area contributed by atoms with Crippen LogP contribution in [0.15, 0.2) is 53.4 Å². The molecule has 2 aromatic carbocycles. The van der Waals surface area contributed by atoms with Crippen LogP contribution in [0.3, 0.4) is 0 Å². The van der Waals surface area contributed by atoms with Gasteiger partial charge < -0.3 is 10.4 Å². The molecule has 1 fully saturated rings. The molecule has 0 spiro atoms. The van der Waals surface area contributed by atoms with Crippen LogP contribution in [0.25, 0.3) is 6.08 Å². The molecule has 132 valence electrons. The SMILES string of the molecule is O=C(CN1C(=O)/C(=C/c2ccccc2Cl)SC1=S)Nc1ccccc1O. The first-order chi connectivity index (χ1) is 12.5. The molecule has 5 nitrogen and oxygen atoms in total. The molecule has 1 heterocycles. The van der Waals surface area contributed by atoms with Crippen molar-refractivity contribution in [2.75, 3.05) is 11.9 Å². The van der Waals surface area contributed by atoms with Gasteiger partial charge in [-0.3, -0.25) is 14.5 Å². The summed E-state index contributed by atoms with van der Waals surface area (Å²) >= 11 is 12.4. The number of halogens is 1. The Hall–Kier alpha value is -2.35. The van der Waals surface area contributed by atoms with Gasteiger partial charge in [-0.2, -0.15) is 0 Å². The second kappa shape index (κ2) is 7.90. The minimum atomic E-state index is -0.457. The number of hydrogen-bond acceptors (Lipinski definition) is 5. The number of benzene rings is 2. The fraction of sp³-hybridized carbons (Fsp3) is 0.0556. The first kappa shape index (κ1) is 18.4.